The number of nitrogens with zero attached hydrogens (tertiary/aromatic N) is 2. The molecule has 0 aliphatic rings. The number of aliphatic hydroxyl groups is 2. The van der Waals surface area contributed by atoms with Crippen molar-refractivity contribution < 1.29 is 19.7 Å². The summed E-state index contributed by atoms with van der Waals surface area (Å²) < 4.78 is 7.37. The fourth-order valence-electron chi connectivity index (χ4n) is 4.36. The van der Waals surface area contributed by atoms with E-state index in [4.69, 9.17) is 16.3 Å². The number of carbonyl (C=O) groups is 1. The van der Waals surface area contributed by atoms with Gasteiger partial charge in [-0.1, -0.05) is 35.9 Å². The summed E-state index contributed by atoms with van der Waals surface area (Å²) in [6.07, 6.45) is 0.762. The minimum absolute atomic E-state index is 0.0352. The Balaban J connectivity index is 1.55. The molecule has 0 saturated carbocycles. The van der Waals surface area contributed by atoms with Gasteiger partial charge in [0.15, 0.2) is 0 Å². The van der Waals surface area contributed by atoms with Crippen LogP contribution in [0.5, 0.6) is 5.75 Å². The fourth-order valence-corrected chi connectivity index (χ4v) is 5.87. The number of benzene rings is 2. The number of thiophene rings is 1. The molecule has 38 heavy (non-hydrogen) atoms. The molecule has 0 aliphatic heterocycles. The number of likely N-dealkylation sites (N-methyl/N-ethyl adjacent to an activating group) is 1. The van der Waals surface area contributed by atoms with E-state index in [0.717, 1.165) is 16.0 Å². The molecule has 0 saturated heterocycles. The number of carbonyl (C=O) groups excluding carboxylic acids is 1. The molecule has 2 aromatic carbocycles. The second-order valence-corrected chi connectivity index (χ2v) is 10.7. The topological polar surface area (TPSA) is 104 Å². The van der Waals surface area contributed by atoms with E-state index in [0.29, 0.717) is 39.6 Å². The summed E-state index contributed by atoms with van der Waals surface area (Å²) in [7, 11) is 5.20. The summed E-state index contributed by atoms with van der Waals surface area (Å²) in [6, 6.07) is 14.4. The van der Waals surface area contributed by atoms with Crippen molar-refractivity contribution in [3.05, 3.63) is 97.1 Å². The van der Waals surface area contributed by atoms with E-state index < -0.39 is 12.0 Å². The van der Waals surface area contributed by atoms with Crippen LogP contribution < -0.4 is 15.5 Å². The number of methoxy groups -OCH3 is 1. The third kappa shape index (κ3) is 6.09. The summed E-state index contributed by atoms with van der Waals surface area (Å²) >= 11 is 7.18. The van der Waals surface area contributed by atoms with Gasteiger partial charge in [-0.2, -0.15) is 0 Å². The lowest BCUT2D eigenvalue weighted by Gasteiger charge is -2.21. The summed E-state index contributed by atoms with van der Waals surface area (Å²) in [6.45, 7) is 0.751. The molecule has 0 spiro atoms. The van der Waals surface area contributed by atoms with Crippen molar-refractivity contribution in [1.29, 1.82) is 0 Å². The van der Waals surface area contributed by atoms with Crippen molar-refractivity contribution in [2.24, 2.45) is 7.05 Å². The number of hydrogen-bond acceptors (Lipinski definition) is 7. The highest BCUT2D eigenvalue weighted by Crippen LogP contribution is 2.31. The SMILES string of the molecule is COc1cccc(C(O)CN(C)Cc2sc3c(=O)c(C(=O)NCc4ccc(Cl)cc4)cn(C)c3c2CO)c1. The molecule has 0 radical (unpaired) electrons. The second-order valence-electron chi connectivity index (χ2n) is 9.12. The summed E-state index contributed by atoms with van der Waals surface area (Å²) in [4.78, 5) is 29.0. The zero-order chi connectivity index (χ0) is 27.4. The number of hydrogen-bond donors (Lipinski definition) is 3. The number of amides is 1. The molecule has 1 amide bonds. The molecule has 2 aromatic heterocycles. The van der Waals surface area contributed by atoms with Crippen LogP contribution in [-0.2, 0) is 26.7 Å². The third-order valence-electron chi connectivity index (χ3n) is 6.33. The number of aromatic nitrogens is 1. The van der Waals surface area contributed by atoms with Crippen molar-refractivity contribution in [1.82, 2.24) is 14.8 Å². The summed E-state index contributed by atoms with van der Waals surface area (Å²) in [5.74, 6) is 0.196. The van der Waals surface area contributed by atoms with Crippen molar-refractivity contribution >= 4 is 39.1 Å². The van der Waals surface area contributed by atoms with Crippen molar-refractivity contribution in [2.75, 3.05) is 20.7 Å². The van der Waals surface area contributed by atoms with Crippen molar-refractivity contribution in [3.8, 4) is 5.75 Å². The van der Waals surface area contributed by atoms with Crippen molar-refractivity contribution in [2.45, 2.75) is 25.8 Å². The normalized spacial score (nSPS) is 12.2. The molecule has 0 aliphatic carbocycles. The third-order valence-corrected chi connectivity index (χ3v) is 7.79. The molecule has 1 atom stereocenters. The largest absolute Gasteiger partial charge is 0.497 e. The molecular weight excluding hydrogens is 526 g/mol. The molecule has 1 unspecified atom stereocenters. The number of fused-ring (bicyclic) bond motifs is 1. The van der Waals surface area contributed by atoms with Gasteiger partial charge in [-0.3, -0.25) is 14.5 Å². The van der Waals surface area contributed by atoms with E-state index in [1.807, 2.05) is 42.3 Å². The van der Waals surface area contributed by atoms with Gasteiger partial charge in [0, 0.05) is 48.3 Å². The molecule has 0 fully saturated rings. The number of halogens is 1. The van der Waals surface area contributed by atoms with Crippen LogP contribution in [0.15, 0.2) is 59.5 Å². The van der Waals surface area contributed by atoms with Gasteiger partial charge in [0.25, 0.3) is 5.91 Å². The highest BCUT2D eigenvalue weighted by molar-refractivity contribution is 7.19. The zero-order valence-electron chi connectivity index (χ0n) is 21.4. The van der Waals surface area contributed by atoms with Crippen LogP contribution in [0, 0.1) is 0 Å². The van der Waals surface area contributed by atoms with E-state index in [9.17, 15) is 19.8 Å². The average Bonchev–Trinajstić information content (AvgIpc) is 3.28. The quantitative estimate of drug-likeness (QED) is 0.275. The maximum absolute atomic E-state index is 13.3. The predicted octanol–water partition coefficient (Wildman–Crippen LogP) is 3.85. The Bertz CT molecular complexity index is 1500. The van der Waals surface area contributed by atoms with Crippen LogP contribution in [0.1, 0.15) is 38.0 Å². The van der Waals surface area contributed by atoms with Crippen LogP contribution in [0.25, 0.3) is 10.2 Å². The Morgan fingerprint density at radius 1 is 1.24 bits per heavy atom. The molecular formula is C28H30ClN3O5S. The zero-order valence-corrected chi connectivity index (χ0v) is 23.0. The van der Waals surface area contributed by atoms with Crippen LogP contribution in [-0.4, -0.2) is 46.3 Å². The first-order valence-corrected chi connectivity index (χ1v) is 13.2. The van der Waals surface area contributed by atoms with Crippen LogP contribution in [0.3, 0.4) is 0 Å². The van der Waals surface area contributed by atoms with E-state index in [1.54, 1.807) is 36.9 Å². The number of rotatable bonds is 10. The fraction of sp³-hybridized carbons (Fsp3) is 0.286. The van der Waals surface area contributed by atoms with Gasteiger partial charge in [0.05, 0.1) is 30.0 Å². The van der Waals surface area contributed by atoms with Gasteiger partial charge >= 0.3 is 0 Å². The molecule has 3 N–H and O–H groups in total. The lowest BCUT2D eigenvalue weighted by atomic mass is 10.1. The Morgan fingerprint density at radius 3 is 2.66 bits per heavy atom. The average molecular weight is 556 g/mol. The van der Waals surface area contributed by atoms with Crippen LogP contribution >= 0.6 is 22.9 Å². The molecule has 4 aromatic rings. The first-order valence-electron chi connectivity index (χ1n) is 12.0. The Morgan fingerprint density at radius 2 is 1.97 bits per heavy atom. The molecule has 200 valence electrons. The minimum atomic E-state index is -0.746. The Hall–Kier alpha value is -3.21. The molecule has 10 heteroatoms. The standard InChI is InChI=1S/C28H30ClN3O5S/c1-31(14-23(34)18-5-4-6-20(11-18)37-3)15-24-22(16-33)25-27(38-24)26(35)21(13-32(25)2)28(36)30-12-17-7-9-19(29)10-8-17/h4-11,13,23,33-34H,12,14-16H2,1-3H3,(H,30,36). The van der Waals surface area contributed by atoms with E-state index in [1.165, 1.54) is 17.5 Å². The van der Waals surface area contributed by atoms with Gasteiger partial charge in [-0.25, -0.2) is 0 Å². The van der Waals surface area contributed by atoms with Gasteiger partial charge in [-0.05, 0) is 42.4 Å². The molecule has 2 heterocycles. The minimum Gasteiger partial charge on any atom is -0.497 e. The van der Waals surface area contributed by atoms with E-state index in [-0.39, 0.29) is 24.1 Å². The van der Waals surface area contributed by atoms with Gasteiger partial charge in [0.1, 0.15) is 11.3 Å². The van der Waals surface area contributed by atoms with Crippen molar-refractivity contribution in [3.63, 3.8) is 0 Å². The van der Waals surface area contributed by atoms with E-state index >= 15 is 0 Å². The van der Waals surface area contributed by atoms with Crippen LogP contribution in [0.2, 0.25) is 5.02 Å². The summed E-state index contributed by atoms with van der Waals surface area (Å²) in [5.41, 5.74) is 2.50. The monoisotopic (exact) mass is 555 g/mol. The maximum Gasteiger partial charge on any atom is 0.257 e. The van der Waals surface area contributed by atoms with Gasteiger partial charge < -0.3 is 24.8 Å². The first kappa shape index (κ1) is 27.8. The molecule has 8 nitrogen and oxygen atoms in total. The van der Waals surface area contributed by atoms with Gasteiger partial charge in [0.2, 0.25) is 5.43 Å². The number of pyridine rings is 1. The summed E-state index contributed by atoms with van der Waals surface area (Å²) in [5, 5.41) is 24.3. The smallest absolute Gasteiger partial charge is 0.257 e. The number of ether oxygens (including phenoxy) is 1. The van der Waals surface area contributed by atoms with Gasteiger partial charge in [-0.15, -0.1) is 11.3 Å². The lowest BCUT2D eigenvalue weighted by Crippen LogP contribution is -2.29. The van der Waals surface area contributed by atoms with Crippen LogP contribution in [0.4, 0.5) is 0 Å². The Labute approximate surface area is 229 Å². The first-order chi connectivity index (χ1) is 18.2. The maximum atomic E-state index is 13.3. The number of aliphatic hydroxyl groups excluding tert-OH is 2. The Kier molecular flexibility index (Phi) is 8.86. The number of nitrogens with one attached hydrogen (secondary N) is 1. The lowest BCUT2D eigenvalue weighted by molar-refractivity contribution is 0.0949. The predicted molar refractivity (Wildman–Crippen MR) is 150 cm³/mol. The highest BCUT2D eigenvalue weighted by Gasteiger charge is 2.22. The second kappa shape index (κ2) is 12.1. The molecule has 0 bridgehead atoms. The van der Waals surface area contributed by atoms with E-state index in [2.05, 4.69) is 5.32 Å². The highest BCUT2D eigenvalue weighted by atomic mass is 35.5. The number of aryl methyl sites for hydroxylation is 1. The molecule has 4 rings (SSSR count).